The number of aliphatic hydroxyl groups is 16. The fourth-order valence-electron chi connectivity index (χ4n) is 10.3. The summed E-state index contributed by atoms with van der Waals surface area (Å²) in [7, 11) is 0. The summed E-state index contributed by atoms with van der Waals surface area (Å²) in [6.45, 7) is -5.87. The SMILES string of the molecule is N[C@H]1[C@H](O[C@H]2[C@H](O)[C@@H](N)[C@H](O[C@H]3[C@H](O)[C@@H](N)[C@H](O[C@H]4[C@H](O)[C@@H](N)[C@H](O[C@H]5[C@H](O)[C@@H](N)[C@H](O[C@H]6[C@H](O)[C@@H](N)[C@H](O[C@H]7[C@H](O)[C@@H](N)C(O)O[C@@H]7CO)O[C@@H]6CO)O[C@@H]5CO)O[C@@H]4CO)O[C@@H]3CO)O[C@@H]2CO)O[C@H](CO)[C@@H](O)[C@@H]1O. The summed E-state index contributed by atoms with van der Waals surface area (Å²) in [5.41, 5.74) is 43.4. The standard InChI is InChI=1S/C42H79N7O29/c43-15-24(59)30(9(2-51)66-36(15)65)73-38-17(45)26(61)32(11(4-53)68-38)75-40-19(47)28(63)34(13(6-55)70-40)77-42-21(49)29(64)35(14(7-56)72-42)78-41-20(48)27(62)33(12(5-54)71-41)76-39-18(46)25(60)31(10(3-52)69-39)74-37-16(44)23(58)22(57)8(1-50)67-37/h8-42,50-65H,1-7,43-49H2/t8-,9-,10-,11-,12-,13-,14-,15-,16-,17-,18-,19-,20-,21-,22-,23-,24-,25-,26-,27-,28-,29-,30-,31-,32-,33-,34-,35-,36?,37+,38+,39+,40+,41+,42+/m1/s1. The molecule has 0 saturated carbocycles. The van der Waals surface area contributed by atoms with Gasteiger partial charge in [-0.15, -0.1) is 0 Å². The second-order valence-corrected chi connectivity index (χ2v) is 20.2. The first-order chi connectivity index (χ1) is 37.0. The van der Waals surface area contributed by atoms with Crippen LogP contribution in [0.15, 0.2) is 0 Å². The summed E-state index contributed by atoms with van der Waals surface area (Å²) < 4.78 is 75.1. The van der Waals surface area contributed by atoms with Gasteiger partial charge in [0.05, 0.1) is 88.5 Å². The van der Waals surface area contributed by atoms with Crippen LogP contribution in [0.5, 0.6) is 0 Å². The van der Waals surface area contributed by atoms with Crippen LogP contribution in [0.25, 0.3) is 0 Å². The van der Waals surface area contributed by atoms with E-state index in [-0.39, 0.29) is 0 Å². The molecule has 0 spiro atoms. The van der Waals surface area contributed by atoms with E-state index >= 15 is 0 Å². The molecule has 30 N–H and O–H groups in total. The summed E-state index contributed by atoms with van der Waals surface area (Å²) in [5.74, 6) is 0. The Kier molecular flexibility index (Phi) is 22.6. The van der Waals surface area contributed by atoms with Crippen LogP contribution in [0.4, 0.5) is 0 Å². The van der Waals surface area contributed by atoms with Crippen molar-refractivity contribution in [2.45, 2.75) is 215 Å². The molecule has 0 aromatic rings. The van der Waals surface area contributed by atoms with Gasteiger partial charge in [0.1, 0.15) is 128 Å². The van der Waals surface area contributed by atoms with E-state index in [0.717, 1.165) is 0 Å². The number of aliphatic hydroxyl groups excluding tert-OH is 16. The van der Waals surface area contributed by atoms with Crippen molar-refractivity contribution < 1.29 is 143 Å². The van der Waals surface area contributed by atoms with Crippen LogP contribution in [0.1, 0.15) is 0 Å². The third kappa shape index (κ3) is 12.9. The van der Waals surface area contributed by atoms with Crippen LogP contribution in [-0.4, -0.2) is 342 Å². The Morgan fingerprint density at radius 1 is 0.231 bits per heavy atom. The van der Waals surface area contributed by atoms with Crippen molar-refractivity contribution in [1.82, 2.24) is 0 Å². The second-order valence-electron chi connectivity index (χ2n) is 20.2. The Morgan fingerprint density at radius 2 is 0.410 bits per heavy atom. The van der Waals surface area contributed by atoms with Gasteiger partial charge in [0, 0.05) is 0 Å². The van der Waals surface area contributed by atoms with E-state index in [2.05, 4.69) is 0 Å². The van der Waals surface area contributed by atoms with E-state index in [1.807, 2.05) is 0 Å². The molecular formula is C42H79N7O29. The number of rotatable bonds is 19. The van der Waals surface area contributed by atoms with E-state index in [0.29, 0.717) is 0 Å². The van der Waals surface area contributed by atoms with Crippen molar-refractivity contribution in [3.63, 3.8) is 0 Å². The predicted molar refractivity (Wildman–Crippen MR) is 246 cm³/mol. The lowest BCUT2D eigenvalue weighted by Gasteiger charge is -2.50. The van der Waals surface area contributed by atoms with Gasteiger partial charge in [-0.25, -0.2) is 0 Å². The lowest BCUT2D eigenvalue weighted by molar-refractivity contribution is -0.369. The van der Waals surface area contributed by atoms with Gasteiger partial charge in [0.15, 0.2) is 44.0 Å². The molecule has 7 aliphatic rings. The van der Waals surface area contributed by atoms with E-state index < -0.39 is 261 Å². The second kappa shape index (κ2) is 27.5. The molecule has 0 amide bonds. The quantitative estimate of drug-likeness (QED) is 0.0571. The summed E-state index contributed by atoms with van der Waals surface area (Å²) in [5, 5.41) is 169. The molecule has 0 aliphatic carbocycles. The van der Waals surface area contributed by atoms with E-state index in [1.165, 1.54) is 0 Å². The highest BCUT2D eigenvalue weighted by Crippen LogP contribution is 2.36. The molecule has 0 bridgehead atoms. The molecule has 7 rings (SSSR count). The molecule has 0 aromatic heterocycles. The summed E-state index contributed by atoms with van der Waals surface area (Å²) in [6.07, 6.45) is -44.9. The first kappa shape index (κ1) is 64.1. The van der Waals surface area contributed by atoms with Gasteiger partial charge in [0.25, 0.3) is 0 Å². The maximum Gasteiger partial charge on any atom is 0.176 e. The summed E-state index contributed by atoms with van der Waals surface area (Å²) in [6, 6.07) is -10.6. The molecular weight excluding hydrogens is 1070 g/mol. The number of hydrogen-bond acceptors (Lipinski definition) is 36. The average molecular weight is 1150 g/mol. The van der Waals surface area contributed by atoms with E-state index in [9.17, 15) is 81.7 Å². The molecule has 7 heterocycles. The highest BCUT2D eigenvalue weighted by molar-refractivity contribution is 5.03. The Balaban J connectivity index is 0.947. The number of hydrogen-bond donors (Lipinski definition) is 23. The fraction of sp³-hybridized carbons (Fsp3) is 1.00. The van der Waals surface area contributed by atoms with Gasteiger partial charge in [0.2, 0.25) is 0 Å². The zero-order valence-corrected chi connectivity index (χ0v) is 41.7. The van der Waals surface area contributed by atoms with E-state index in [1.54, 1.807) is 0 Å². The molecule has 7 saturated heterocycles. The van der Waals surface area contributed by atoms with Crippen LogP contribution in [-0.2, 0) is 61.6 Å². The first-order valence-corrected chi connectivity index (χ1v) is 25.2. The largest absolute Gasteiger partial charge is 0.394 e. The Morgan fingerprint density at radius 3 is 0.628 bits per heavy atom. The van der Waals surface area contributed by atoms with Gasteiger partial charge in [-0.2, -0.15) is 0 Å². The molecule has 78 heavy (non-hydrogen) atoms. The topological polar surface area (TPSA) is 626 Å². The van der Waals surface area contributed by atoms with E-state index in [4.69, 9.17) is 102 Å². The zero-order valence-electron chi connectivity index (χ0n) is 41.7. The molecule has 36 nitrogen and oxygen atoms in total. The third-order valence-corrected chi connectivity index (χ3v) is 15.1. The van der Waals surface area contributed by atoms with Crippen LogP contribution in [0, 0.1) is 0 Å². The monoisotopic (exact) mass is 1150 g/mol. The van der Waals surface area contributed by atoms with Gasteiger partial charge < -0.3 is 183 Å². The van der Waals surface area contributed by atoms with Crippen molar-refractivity contribution in [1.29, 1.82) is 0 Å². The third-order valence-electron chi connectivity index (χ3n) is 15.1. The molecule has 0 aromatic carbocycles. The average Bonchev–Trinajstić information content (AvgIpc) is 3.45. The lowest BCUT2D eigenvalue weighted by atomic mass is 9.93. The maximum absolute atomic E-state index is 11.5. The maximum atomic E-state index is 11.5. The Hall–Kier alpha value is -1.44. The van der Waals surface area contributed by atoms with Crippen LogP contribution in [0.3, 0.4) is 0 Å². The number of ether oxygens (including phenoxy) is 13. The molecule has 0 radical (unpaired) electrons. The first-order valence-electron chi connectivity index (χ1n) is 25.2. The Bertz CT molecular complexity index is 1830. The van der Waals surface area contributed by atoms with Crippen molar-refractivity contribution >= 4 is 0 Å². The van der Waals surface area contributed by atoms with Crippen molar-refractivity contribution in [3.05, 3.63) is 0 Å². The normalized spacial score (nSPS) is 53.5. The smallest absolute Gasteiger partial charge is 0.176 e. The molecule has 1 unspecified atom stereocenters. The minimum atomic E-state index is -1.83. The van der Waals surface area contributed by atoms with Gasteiger partial charge >= 0.3 is 0 Å². The lowest BCUT2D eigenvalue weighted by Crippen LogP contribution is -2.71. The van der Waals surface area contributed by atoms with Gasteiger partial charge in [-0.05, 0) is 0 Å². The molecule has 456 valence electrons. The summed E-state index contributed by atoms with van der Waals surface area (Å²) >= 11 is 0. The molecule has 35 atom stereocenters. The minimum absolute atomic E-state index is 0.740. The van der Waals surface area contributed by atoms with Gasteiger partial charge in [-0.3, -0.25) is 0 Å². The highest BCUT2D eigenvalue weighted by Gasteiger charge is 2.57. The van der Waals surface area contributed by atoms with Crippen molar-refractivity contribution in [2.75, 3.05) is 46.2 Å². The molecule has 36 heteroatoms. The van der Waals surface area contributed by atoms with Crippen LogP contribution >= 0.6 is 0 Å². The van der Waals surface area contributed by atoms with Crippen LogP contribution in [0.2, 0.25) is 0 Å². The highest BCUT2D eigenvalue weighted by atomic mass is 16.8. The van der Waals surface area contributed by atoms with Crippen molar-refractivity contribution in [3.8, 4) is 0 Å². The summed E-state index contributed by atoms with van der Waals surface area (Å²) in [4.78, 5) is 0. The molecule has 7 fully saturated rings. The van der Waals surface area contributed by atoms with Gasteiger partial charge in [-0.1, -0.05) is 0 Å². The minimum Gasteiger partial charge on any atom is -0.394 e. The van der Waals surface area contributed by atoms with Crippen molar-refractivity contribution in [2.24, 2.45) is 40.1 Å². The molecule has 7 aliphatic heterocycles. The van der Waals surface area contributed by atoms with Crippen LogP contribution < -0.4 is 40.1 Å². The fourth-order valence-corrected chi connectivity index (χ4v) is 10.3. The predicted octanol–water partition coefficient (Wildman–Crippen LogP) is -16.5. The number of nitrogens with two attached hydrogens (primary N) is 7. The Labute approximate surface area is 443 Å². The zero-order chi connectivity index (χ0) is 57.3.